The molecule has 1 aliphatic heterocycles. The number of aliphatic hydroxyl groups is 1. The van der Waals surface area contributed by atoms with Crippen LogP contribution in [-0.2, 0) is 4.74 Å². The van der Waals surface area contributed by atoms with E-state index in [9.17, 15) is 5.11 Å². The lowest BCUT2D eigenvalue weighted by Gasteiger charge is -2.61. The maximum absolute atomic E-state index is 10.1. The monoisotopic (exact) mass is 318 g/mol. The molecule has 5 fully saturated rings. The summed E-state index contributed by atoms with van der Waals surface area (Å²) in [6, 6.07) is 0. The number of epoxide rings is 1. The second-order valence-electron chi connectivity index (χ2n) is 10.2. The van der Waals surface area contributed by atoms with E-state index in [2.05, 4.69) is 13.8 Å². The van der Waals surface area contributed by atoms with Gasteiger partial charge in [0.15, 0.2) is 0 Å². The Hall–Kier alpha value is -0.0800. The van der Waals surface area contributed by atoms with Crippen molar-refractivity contribution in [2.45, 2.75) is 83.8 Å². The SMILES string of the molecule is C[C@]12CC[C@H]3[C@@H](CCC4CC(O)CC[C@@]43C)[C@@H]1CC[C@@H]2C1CO1. The van der Waals surface area contributed by atoms with Crippen molar-refractivity contribution in [3.8, 4) is 0 Å². The van der Waals surface area contributed by atoms with Gasteiger partial charge in [-0.3, -0.25) is 0 Å². The topological polar surface area (TPSA) is 32.8 Å². The lowest BCUT2D eigenvalue weighted by atomic mass is 9.44. The van der Waals surface area contributed by atoms with Gasteiger partial charge in [0.1, 0.15) is 0 Å². The van der Waals surface area contributed by atoms with Crippen LogP contribution in [0.25, 0.3) is 0 Å². The number of fused-ring (bicyclic) bond motifs is 5. The summed E-state index contributed by atoms with van der Waals surface area (Å²) in [7, 11) is 0. The first kappa shape index (κ1) is 15.2. The summed E-state index contributed by atoms with van der Waals surface area (Å²) >= 11 is 0. The van der Waals surface area contributed by atoms with Crippen LogP contribution in [0, 0.1) is 40.4 Å². The summed E-state index contributed by atoms with van der Waals surface area (Å²) in [6.45, 7) is 6.25. The number of aliphatic hydroxyl groups excluding tert-OH is 1. The average molecular weight is 319 g/mol. The van der Waals surface area contributed by atoms with E-state index in [4.69, 9.17) is 4.74 Å². The van der Waals surface area contributed by atoms with Crippen molar-refractivity contribution in [3.05, 3.63) is 0 Å². The molecule has 23 heavy (non-hydrogen) atoms. The van der Waals surface area contributed by atoms with Gasteiger partial charge in [-0.15, -0.1) is 0 Å². The minimum absolute atomic E-state index is 0.0126. The molecule has 0 bridgehead atoms. The van der Waals surface area contributed by atoms with Gasteiger partial charge >= 0.3 is 0 Å². The van der Waals surface area contributed by atoms with E-state index < -0.39 is 0 Å². The molecule has 0 aromatic rings. The van der Waals surface area contributed by atoms with Crippen molar-refractivity contribution in [1.82, 2.24) is 0 Å². The first-order valence-corrected chi connectivity index (χ1v) is 10.3. The molecule has 2 heteroatoms. The second kappa shape index (κ2) is 4.97. The lowest BCUT2D eigenvalue weighted by Crippen LogP contribution is -2.54. The molecule has 5 aliphatic rings. The van der Waals surface area contributed by atoms with Crippen molar-refractivity contribution in [2.75, 3.05) is 6.61 Å². The highest BCUT2D eigenvalue weighted by Gasteiger charge is 2.62. The molecule has 1 heterocycles. The summed E-state index contributed by atoms with van der Waals surface area (Å²) in [5.74, 6) is 4.51. The van der Waals surface area contributed by atoms with Crippen LogP contribution in [0.3, 0.4) is 0 Å². The Morgan fingerprint density at radius 1 is 0.826 bits per heavy atom. The van der Waals surface area contributed by atoms with E-state index >= 15 is 0 Å². The first-order chi connectivity index (χ1) is 11.0. The Kier molecular flexibility index (Phi) is 3.29. The maximum Gasteiger partial charge on any atom is 0.0843 e. The second-order valence-corrected chi connectivity index (χ2v) is 10.2. The Bertz CT molecular complexity index is 486. The summed E-state index contributed by atoms with van der Waals surface area (Å²) in [4.78, 5) is 0. The van der Waals surface area contributed by atoms with E-state index in [1.807, 2.05) is 0 Å². The molecule has 5 rings (SSSR count). The van der Waals surface area contributed by atoms with Gasteiger partial charge in [0, 0.05) is 0 Å². The molecule has 4 aliphatic carbocycles. The summed E-state index contributed by atoms with van der Waals surface area (Å²) in [5, 5.41) is 10.1. The third-order valence-electron chi connectivity index (χ3n) is 9.52. The highest BCUT2D eigenvalue weighted by molar-refractivity contribution is 5.11. The van der Waals surface area contributed by atoms with E-state index in [1.54, 1.807) is 0 Å². The Morgan fingerprint density at radius 3 is 2.30 bits per heavy atom. The highest BCUT2D eigenvalue weighted by atomic mass is 16.6. The molecule has 1 saturated heterocycles. The Labute approximate surface area is 141 Å². The molecule has 0 radical (unpaired) electrons. The molecule has 130 valence electrons. The van der Waals surface area contributed by atoms with Gasteiger partial charge in [-0.05, 0) is 98.2 Å². The summed E-state index contributed by atoms with van der Waals surface area (Å²) < 4.78 is 5.73. The molecule has 0 aromatic heterocycles. The number of rotatable bonds is 1. The van der Waals surface area contributed by atoms with E-state index in [1.165, 1.54) is 44.9 Å². The molecular formula is C21H34O2. The van der Waals surface area contributed by atoms with Crippen LogP contribution in [0.1, 0.15) is 71.6 Å². The molecule has 0 aromatic carbocycles. The van der Waals surface area contributed by atoms with Crippen LogP contribution in [-0.4, -0.2) is 23.9 Å². The number of hydrogen-bond acceptors (Lipinski definition) is 2. The maximum atomic E-state index is 10.1. The zero-order chi connectivity index (χ0) is 15.8. The van der Waals surface area contributed by atoms with Gasteiger partial charge in [0.25, 0.3) is 0 Å². The molecule has 0 spiro atoms. The van der Waals surface area contributed by atoms with Crippen molar-refractivity contribution in [3.63, 3.8) is 0 Å². The minimum atomic E-state index is -0.0126. The fourth-order valence-electron chi connectivity index (χ4n) is 8.17. The predicted molar refractivity (Wildman–Crippen MR) is 91.0 cm³/mol. The molecule has 3 unspecified atom stereocenters. The largest absolute Gasteiger partial charge is 0.393 e. The smallest absolute Gasteiger partial charge is 0.0843 e. The van der Waals surface area contributed by atoms with Crippen molar-refractivity contribution in [2.24, 2.45) is 40.4 Å². The first-order valence-electron chi connectivity index (χ1n) is 10.3. The van der Waals surface area contributed by atoms with Gasteiger partial charge in [0.05, 0.1) is 18.8 Å². The van der Waals surface area contributed by atoms with E-state index in [-0.39, 0.29) is 6.10 Å². The quantitative estimate of drug-likeness (QED) is 0.727. The molecule has 1 N–H and O–H groups in total. The van der Waals surface area contributed by atoms with Crippen LogP contribution in [0.5, 0.6) is 0 Å². The minimum Gasteiger partial charge on any atom is -0.393 e. The van der Waals surface area contributed by atoms with Crippen molar-refractivity contribution < 1.29 is 9.84 Å². The third kappa shape index (κ3) is 2.06. The van der Waals surface area contributed by atoms with Gasteiger partial charge in [0.2, 0.25) is 0 Å². The molecule has 2 nitrogen and oxygen atoms in total. The van der Waals surface area contributed by atoms with Gasteiger partial charge in [-0.2, -0.15) is 0 Å². The number of hydrogen-bond donors (Lipinski definition) is 1. The lowest BCUT2D eigenvalue weighted by molar-refractivity contribution is -0.127. The van der Waals surface area contributed by atoms with Gasteiger partial charge in [-0.25, -0.2) is 0 Å². The summed E-state index contributed by atoms with van der Waals surface area (Å²) in [5.41, 5.74) is 1.09. The Morgan fingerprint density at radius 2 is 1.52 bits per heavy atom. The third-order valence-corrected chi connectivity index (χ3v) is 9.52. The standard InChI is InChI=1S/C21H34O2/c1-20-9-7-14(22)11-13(20)3-4-15-16-5-6-18(19-12-23-19)21(16,2)10-8-17(15)20/h13-19,22H,3-12H2,1-2H3/t13?,14?,15-,16-,17-,18+,19?,20-,21-/m0/s1. The zero-order valence-electron chi connectivity index (χ0n) is 15.0. The zero-order valence-corrected chi connectivity index (χ0v) is 15.0. The number of ether oxygens (including phenoxy) is 1. The van der Waals surface area contributed by atoms with Crippen LogP contribution in [0.4, 0.5) is 0 Å². The molecule has 4 saturated carbocycles. The van der Waals surface area contributed by atoms with Gasteiger partial charge < -0.3 is 9.84 Å². The van der Waals surface area contributed by atoms with Crippen molar-refractivity contribution >= 4 is 0 Å². The molecule has 0 amide bonds. The van der Waals surface area contributed by atoms with Crippen LogP contribution < -0.4 is 0 Å². The van der Waals surface area contributed by atoms with Crippen LogP contribution in [0.2, 0.25) is 0 Å². The summed E-state index contributed by atoms with van der Waals surface area (Å²) in [6.07, 6.45) is 12.6. The molecule has 9 atom stereocenters. The normalized spacial score (nSPS) is 61.4. The van der Waals surface area contributed by atoms with E-state index in [0.717, 1.165) is 49.0 Å². The van der Waals surface area contributed by atoms with Gasteiger partial charge in [-0.1, -0.05) is 13.8 Å². The van der Waals surface area contributed by atoms with Crippen LogP contribution in [0.15, 0.2) is 0 Å². The fourth-order valence-corrected chi connectivity index (χ4v) is 8.17. The highest BCUT2D eigenvalue weighted by Crippen LogP contribution is 2.68. The molecular weight excluding hydrogens is 284 g/mol. The van der Waals surface area contributed by atoms with Crippen molar-refractivity contribution in [1.29, 1.82) is 0 Å². The fraction of sp³-hybridized carbons (Fsp3) is 1.00. The predicted octanol–water partition coefficient (Wildman–Crippen LogP) is 4.41. The Balaban J connectivity index is 1.42. The average Bonchev–Trinajstić information content (AvgIpc) is 3.29. The van der Waals surface area contributed by atoms with Crippen LogP contribution >= 0.6 is 0 Å². The van der Waals surface area contributed by atoms with E-state index in [0.29, 0.717) is 16.9 Å².